The van der Waals surface area contributed by atoms with Gasteiger partial charge in [0, 0.05) is 52.2 Å². The summed E-state index contributed by atoms with van der Waals surface area (Å²) in [6, 6.07) is 20.6. The average Bonchev–Trinajstić information content (AvgIpc) is 3.53. The maximum absolute atomic E-state index is 10.2. The number of rotatable bonds is 14. The normalized spacial score (nSPS) is 14.1. The van der Waals surface area contributed by atoms with Crippen molar-refractivity contribution in [3.63, 3.8) is 0 Å². The van der Waals surface area contributed by atoms with Crippen molar-refractivity contribution >= 4 is 41.4 Å². The van der Waals surface area contributed by atoms with Gasteiger partial charge in [0.05, 0.1) is 6.10 Å². The fourth-order valence-electron chi connectivity index (χ4n) is 3.48. The number of nitrogens with one attached hydrogen (secondary N) is 1. The molecule has 0 aliphatic carbocycles. The van der Waals surface area contributed by atoms with E-state index in [1.807, 2.05) is 90.1 Å². The molecule has 14 heteroatoms. The van der Waals surface area contributed by atoms with E-state index in [4.69, 9.17) is 18.8 Å². The number of hydrogen-bond acceptors (Lipinski definition) is 10. The molecular formula is C36H66IKN2O8P2. The predicted molar refractivity (Wildman–Crippen MR) is 212 cm³/mol. The second-order valence-electron chi connectivity index (χ2n) is 11.6. The van der Waals surface area contributed by atoms with Crippen molar-refractivity contribution in [1.82, 2.24) is 10.5 Å². The van der Waals surface area contributed by atoms with E-state index in [1.165, 1.54) is 24.0 Å². The monoisotopic (exact) mass is 882 g/mol. The molecular weight excluding hydrogens is 816 g/mol. The molecule has 10 nitrogen and oxygen atoms in total. The molecule has 1 saturated heterocycles. The first kappa shape index (κ1) is 60.0. The number of hydroxylamine groups is 3. The number of benzene rings is 2. The van der Waals surface area contributed by atoms with Crippen molar-refractivity contribution in [3.8, 4) is 0 Å². The molecule has 0 spiro atoms. The molecule has 1 heterocycles. The van der Waals surface area contributed by atoms with Crippen LogP contribution in [0.2, 0.25) is 0 Å². The van der Waals surface area contributed by atoms with E-state index in [1.54, 1.807) is 32.9 Å². The molecule has 0 bridgehead atoms. The Kier molecular flexibility index (Phi) is 52.9. The van der Waals surface area contributed by atoms with Gasteiger partial charge in [0.25, 0.3) is 0 Å². The Morgan fingerprint density at radius 2 is 1.28 bits per heavy atom. The molecule has 0 amide bonds. The van der Waals surface area contributed by atoms with E-state index in [0.717, 1.165) is 45.9 Å². The summed E-state index contributed by atoms with van der Waals surface area (Å²) in [6.07, 6.45) is 4.81. The van der Waals surface area contributed by atoms with Gasteiger partial charge in [-0.25, -0.2) is 18.4 Å². The summed E-state index contributed by atoms with van der Waals surface area (Å²) in [5.41, 5.74) is 4.38. The van der Waals surface area contributed by atoms with E-state index < -0.39 is 5.60 Å². The van der Waals surface area contributed by atoms with Crippen LogP contribution in [-0.2, 0) is 45.4 Å². The molecule has 1 fully saturated rings. The van der Waals surface area contributed by atoms with Crippen molar-refractivity contribution < 1.29 is 89.1 Å². The summed E-state index contributed by atoms with van der Waals surface area (Å²) in [6.45, 7) is 23.3. The van der Waals surface area contributed by atoms with Gasteiger partial charge in [-0.05, 0) is 85.3 Å². The first-order valence-corrected chi connectivity index (χ1v) is 18.3. The van der Waals surface area contributed by atoms with Crippen LogP contribution in [0.25, 0.3) is 0 Å². The Bertz CT molecular complexity index is 933. The van der Waals surface area contributed by atoms with Gasteiger partial charge in [0.15, 0.2) is 0 Å². The SMILES string of the molecule is CC(C)(C)[O-].CC1CCCO1.CCOCC.CCOCC.C[C@@H](Cc1ccccc1)N(C)OP=O.C[C@@H](Cc1ccccc1)NOP=O.I.[K+]. The van der Waals surface area contributed by atoms with Gasteiger partial charge in [-0.2, -0.15) is 10.5 Å². The number of halogens is 1. The standard InChI is InChI=1S/C10H14NO2P.C9H12NO2P.C5H10O.C4H9O.2C4H10O.HI.K/c1-9(11(2)13-14-12)8-10-6-4-3-5-7-10;1-8(10-12-13-11)7-9-5-3-2-4-6-9;1-5-3-2-4-6-5;1-4(2,3)5;2*1-3-5-4-2;;/h3-7,9H,8H2,1-2H3;2-6,8,10H,7H2,1H3;5H,2-4H2,1H3;1-3H3;2*3-4H2,1-2H3;1H;/q;;;-1;;;;+1/t9-;8-;;;;;;/m00....../s1. The van der Waals surface area contributed by atoms with Gasteiger partial charge in [-0.15, -0.1) is 29.6 Å². The summed E-state index contributed by atoms with van der Waals surface area (Å²) < 4.78 is 44.4. The van der Waals surface area contributed by atoms with E-state index in [2.05, 4.69) is 29.2 Å². The Labute approximate surface area is 367 Å². The molecule has 2 aromatic carbocycles. The number of hydrogen-bond donors (Lipinski definition) is 1. The van der Waals surface area contributed by atoms with Gasteiger partial charge in [0.2, 0.25) is 0 Å². The van der Waals surface area contributed by atoms with Crippen LogP contribution in [0.5, 0.6) is 0 Å². The molecule has 1 aliphatic rings. The summed E-state index contributed by atoms with van der Waals surface area (Å²) in [4.78, 5) is 0. The van der Waals surface area contributed by atoms with Crippen LogP contribution >= 0.6 is 41.4 Å². The van der Waals surface area contributed by atoms with Crippen LogP contribution in [0, 0.1) is 0 Å². The Hall–Kier alpha value is 0.686. The van der Waals surface area contributed by atoms with Crippen LogP contribution in [0.4, 0.5) is 0 Å². The van der Waals surface area contributed by atoms with Crippen LogP contribution in [-0.4, -0.2) is 68.9 Å². The molecule has 2 aromatic rings. The molecule has 286 valence electrons. The Morgan fingerprint density at radius 3 is 1.56 bits per heavy atom. The summed E-state index contributed by atoms with van der Waals surface area (Å²) in [5, 5.41) is 11.7. The van der Waals surface area contributed by atoms with Crippen molar-refractivity contribution in [2.75, 3.05) is 40.1 Å². The molecule has 3 atom stereocenters. The van der Waals surface area contributed by atoms with E-state index in [9.17, 15) is 14.2 Å². The number of likely N-dealkylation sites (N-methyl/N-ethyl adjacent to an activating group) is 1. The topological polar surface area (TPSA) is 119 Å². The Balaban J connectivity index is -0.000000171. The third-order valence-electron chi connectivity index (χ3n) is 5.81. The van der Waals surface area contributed by atoms with Crippen LogP contribution < -0.4 is 62.0 Å². The minimum Gasteiger partial charge on any atom is -0.850 e. The van der Waals surface area contributed by atoms with E-state index in [-0.39, 0.29) is 105 Å². The van der Waals surface area contributed by atoms with Crippen molar-refractivity contribution in [3.05, 3.63) is 71.8 Å². The van der Waals surface area contributed by atoms with Crippen LogP contribution in [0.1, 0.15) is 93.2 Å². The second-order valence-corrected chi connectivity index (χ2v) is 12.3. The van der Waals surface area contributed by atoms with Crippen LogP contribution in [0.3, 0.4) is 0 Å². The smallest absolute Gasteiger partial charge is 0.850 e. The van der Waals surface area contributed by atoms with Gasteiger partial charge in [0.1, 0.15) is 0 Å². The average molecular weight is 883 g/mol. The molecule has 3 rings (SSSR count). The van der Waals surface area contributed by atoms with Gasteiger partial charge < -0.3 is 19.3 Å². The zero-order chi connectivity index (χ0) is 37.1. The molecule has 50 heavy (non-hydrogen) atoms. The maximum atomic E-state index is 10.2. The minimum atomic E-state index is -0.750. The van der Waals surface area contributed by atoms with Crippen molar-refractivity contribution in [2.45, 2.75) is 119 Å². The van der Waals surface area contributed by atoms with Gasteiger partial charge >= 0.3 is 68.8 Å². The third kappa shape index (κ3) is 50.8. The Morgan fingerprint density at radius 1 is 0.860 bits per heavy atom. The molecule has 1 unspecified atom stereocenters. The van der Waals surface area contributed by atoms with Crippen LogP contribution in [0.15, 0.2) is 60.7 Å². The van der Waals surface area contributed by atoms with Gasteiger partial charge in [-0.1, -0.05) is 81.4 Å². The second kappa shape index (κ2) is 44.1. The zero-order valence-corrected chi connectivity index (χ0v) is 40.1. The van der Waals surface area contributed by atoms with E-state index >= 15 is 0 Å². The number of nitrogens with zero attached hydrogens (tertiary/aromatic N) is 1. The third-order valence-corrected chi connectivity index (χ3v) is 6.31. The molecule has 0 saturated carbocycles. The minimum absolute atomic E-state index is 0. The molecule has 0 aromatic heterocycles. The van der Waals surface area contributed by atoms with E-state index in [0.29, 0.717) is 6.10 Å². The van der Waals surface area contributed by atoms with Gasteiger partial charge in [-0.3, -0.25) is 0 Å². The summed E-state index contributed by atoms with van der Waals surface area (Å²) in [5.74, 6) is 0. The first-order valence-electron chi connectivity index (χ1n) is 16.8. The summed E-state index contributed by atoms with van der Waals surface area (Å²) in [7, 11) is 1.14. The summed E-state index contributed by atoms with van der Waals surface area (Å²) >= 11 is 0. The van der Waals surface area contributed by atoms with Crippen molar-refractivity contribution in [1.29, 1.82) is 0 Å². The molecule has 1 aliphatic heterocycles. The quantitative estimate of drug-likeness (QED) is 0.104. The first-order chi connectivity index (χ1) is 22.8. The molecule has 0 radical (unpaired) electrons. The fraction of sp³-hybridized carbons (Fsp3) is 0.667. The zero-order valence-electron chi connectivity index (χ0n) is 32.9. The number of ether oxygens (including phenoxy) is 3. The maximum Gasteiger partial charge on any atom is 1.00 e. The molecule has 1 N–H and O–H groups in total. The predicted octanol–water partition coefficient (Wildman–Crippen LogP) is 6.07. The van der Waals surface area contributed by atoms with Crippen molar-refractivity contribution in [2.24, 2.45) is 0 Å². The largest absolute Gasteiger partial charge is 1.00 e. The fourth-order valence-corrected chi connectivity index (χ4v) is 3.97.